The predicted molar refractivity (Wildman–Crippen MR) is 114 cm³/mol. The number of para-hydroxylation sites is 2. The van der Waals surface area contributed by atoms with E-state index in [2.05, 4.69) is 24.5 Å². The molecule has 0 aliphatic carbocycles. The van der Waals surface area contributed by atoms with Crippen molar-refractivity contribution in [1.82, 2.24) is 4.90 Å². The van der Waals surface area contributed by atoms with Gasteiger partial charge >= 0.3 is 0 Å². The number of carbonyl (C=O) groups is 2. The Kier molecular flexibility index (Phi) is 7.88. The Hall–Kier alpha value is -2.31. The average molecular weight is 386 g/mol. The highest BCUT2D eigenvalue weighted by molar-refractivity contribution is 7.98. The van der Waals surface area contributed by atoms with Crippen molar-refractivity contribution >= 4 is 35.0 Å². The minimum absolute atomic E-state index is 0.136. The molecule has 5 nitrogen and oxygen atoms in total. The Morgan fingerprint density at radius 1 is 0.926 bits per heavy atom. The van der Waals surface area contributed by atoms with E-state index in [1.165, 1.54) is 0 Å². The van der Waals surface area contributed by atoms with Crippen LogP contribution in [0.3, 0.4) is 0 Å². The number of anilines is 2. The fourth-order valence-electron chi connectivity index (χ4n) is 2.79. The molecule has 2 N–H and O–H groups in total. The Morgan fingerprint density at radius 3 is 2.04 bits per heavy atom. The molecule has 144 valence electrons. The lowest BCUT2D eigenvalue weighted by Gasteiger charge is -2.18. The van der Waals surface area contributed by atoms with Crippen LogP contribution in [0.25, 0.3) is 0 Å². The third-order valence-electron chi connectivity index (χ3n) is 4.06. The van der Waals surface area contributed by atoms with Crippen LogP contribution in [0.5, 0.6) is 0 Å². The second-order valence-electron chi connectivity index (χ2n) is 6.71. The van der Waals surface area contributed by atoms with Crippen molar-refractivity contribution in [1.29, 1.82) is 0 Å². The van der Waals surface area contributed by atoms with Gasteiger partial charge in [-0.1, -0.05) is 44.2 Å². The molecule has 27 heavy (non-hydrogen) atoms. The standard InChI is InChI=1S/C21H27N3O2S/c1-15(2)16-9-5-6-10-17(16)22-20(25)13-24(3)14-21(26)23-18-11-7-8-12-19(18)27-4/h5-12,15H,13-14H2,1-4H3,(H,22,25)(H,23,26). The van der Waals surface area contributed by atoms with Crippen molar-refractivity contribution in [3.8, 4) is 0 Å². The van der Waals surface area contributed by atoms with E-state index in [-0.39, 0.29) is 24.9 Å². The third kappa shape index (κ3) is 6.41. The van der Waals surface area contributed by atoms with Gasteiger partial charge in [0.1, 0.15) is 0 Å². The number of rotatable bonds is 8. The summed E-state index contributed by atoms with van der Waals surface area (Å²) in [5, 5.41) is 5.85. The van der Waals surface area contributed by atoms with Crippen LogP contribution in [-0.2, 0) is 9.59 Å². The first kappa shape index (κ1) is 21.0. The fourth-order valence-corrected chi connectivity index (χ4v) is 3.34. The van der Waals surface area contributed by atoms with E-state index in [1.54, 1.807) is 23.7 Å². The minimum Gasteiger partial charge on any atom is -0.325 e. The summed E-state index contributed by atoms with van der Waals surface area (Å²) in [7, 11) is 1.76. The van der Waals surface area contributed by atoms with Crippen molar-refractivity contribution in [2.45, 2.75) is 24.7 Å². The van der Waals surface area contributed by atoms with Gasteiger partial charge in [0.25, 0.3) is 0 Å². The van der Waals surface area contributed by atoms with Crippen LogP contribution in [0.15, 0.2) is 53.4 Å². The van der Waals surface area contributed by atoms with Gasteiger partial charge < -0.3 is 10.6 Å². The first-order valence-electron chi connectivity index (χ1n) is 8.91. The molecule has 0 aromatic heterocycles. The zero-order valence-corrected chi connectivity index (χ0v) is 17.1. The van der Waals surface area contributed by atoms with Crippen molar-refractivity contribution in [2.24, 2.45) is 0 Å². The lowest BCUT2D eigenvalue weighted by molar-refractivity contribution is -0.119. The molecule has 2 rings (SSSR count). The summed E-state index contributed by atoms with van der Waals surface area (Å²) in [6.07, 6.45) is 1.97. The van der Waals surface area contributed by atoms with E-state index >= 15 is 0 Å². The van der Waals surface area contributed by atoms with Gasteiger partial charge in [0.2, 0.25) is 11.8 Å². The van der Waals surface area contributed by atoms with Crippen LogP contribution < -0.4 is 10.6 Å². The highest BCUT2D eigenvalue weighted by atomic mass is 32.2. The van der Waals surface area contributed by atoms with Crippen LogP contribution >= 0.6 is 11.8 Å². The monoisotopic (exact) mass is 385 g/mol. The molecule has 0 heterocycles. The quantitative estimate of drug-likeness (QED) is 0.673. The van der Waals surface area contributed by atoms with Gasteiger partial charge in [-0.15, -0.1) is 11.8 Å². The van der Waals surface area contributed by atoms with Gasteiger partial charge in [-0.25, -0.2) is 0 Å². The Balaban J connectivity index is 1.89. The maximum atomic E-state index is 12.4. The van der Waals surface area contributed by atoms with E-state index in [0.29, 0.717) is 5.92 Å². The van der Waals surface area contributed by atoms with Gasteiger partial charge in [0, 0.05) is 10.6 Å². The molecule has 0 unspecified atom stereocenters. The summed E-state index contributed by atoms with van der Waals surface area (Å²) in [5.41, 5.74) is 2.71. The molecule has 0 aliphatic rings. The molecule has 2 aromatic rings. The number of likely N-dealkylation sites (N-methyl/N-ethyl adjacent to an activating group) is 1. The van der Waals surface area contributed by atoms with Crippen LogP contribution in [-0.4, -0.2) is 43.1 Å². The van der Waals surface area contributed by atoms with Crippen LogP contribution in [0, 0.1) is 0 Å². The summed E-state index contributed by atoms with van der Waals surface area (Å²) >= 11 is 1.58. The second-order valence-corrected chi connectivity index (χ2v) is 7.56. The van der Waals surface area contributed by atoms with Gasteiger partial charge in [-0.3, -0.25) is 14.5 Å². The second kappa shape index (κ2) is 10.1. The number of carbonyl (C=O) groups excluding carboxylic acids is 2. The summed E-state index contributed by atoms with van der Waals surface area (Å²) in [5.74, 6) is 0.0406. The summed E-state index contributed by atoms with van der Waals surface area (Å²) in [6, 6.07) is 15.4. The third-order valence-corrected chi connectivity index (χ3v) is 4.86. The number of nitrogens with one attached hydrogen (secondary N) is 2. The molecule has 0 radical (unpaired) electrons. The molecule has 0 atom stereocenters. The van der Waals surface area contributed by atoms with Gasteiger partial charge in [-0.2, -0.15) is 0 Å². The zero-order chi connectivity index (χ0) is 19.8. The Morgan fingerprint density at radius 2 is 1.44 bits per heavy atom. The molecule has 0 bridgehead atoms. The van der Waals surface area contributed by atoms with Crippen molar-refractivity contribution in [3.05, 3.63) is 54.1 Å². The number of benzene rings is 2. The summed E-state index contributed by atoms with van der Waals surface area (Å²) in [6.45, 7) is 4.47. The molecule has 6 heteroatoms. The SMILES string of the molecule is CSc1ccccc1NC(=O)CN(C)CC(=O)Nc1ccccc1C(C)C. The number of hydrogen-bond donors (Lipinski definition) is 2. The average Bonchev–Trinajstić information content (AvgIpc) is 2.62. The van der Waals surface area contributed by atoms with E-state index in [1.807, 2.05) is 54.8 Å². The largest absolute Gasteiger partial charge is 0.325 e. The molecular weight excluding hydrogens is 358 g/mol. The molecule has 0 aliphatic heterocycles. The van der Waals surface area contributed by atoms with E-state index in [9.17, 15) is 9.59 Å². The van der Waals surface area contributed by atoms with Crippen molar-refractivity contribution in [3.63, 3.8) is 0 Å². The van der Waals surface area contributed by atoms with Crippen molar-refractivity contribution in [2.75, 3.05) is 37.0 Å². The topological polar surface area (TPSA) is 61.4 Å². The molecule has 2 amide bonds. The highest BCUT2D eigenvalue weighted by Crippen LogP contribution is 2.25. The first-order valence-corrected chi connectivity index (χ1v) is 10.1. The number of nitrogens with zero attached hydrogens (tertiary/aromatic N) is 1. The van der Waals surface area contributed by atoms with Crippen LogP contribution in [0.4, 0.5) is 11.4 Å². The van der Waals surface area contributed by atoms with Gasteiger partial charge in [-0.05, 0) is 43.0 Å². The maximum Gasteiger partial charge on any atom is 0.238 e. The van der Waals surface area contributed by atoms with Gasteiger partial charge in [0.15, 0.2) is 0 Å². The highest BCUT2D eigenvalue weighted by Gasteiger charge is 2.14. The Bertz CT molecular complexity index is 793. The lowest BCUT2D eigenvalue weighted by Crippen LogP contribution is -2.36. The molecule has 0 fully saturated rings. The Labute approximate surface area is 165 Å². The van der Waals surface area contributed by atoms with Crippen LogP contribution in [0.1, 0.15) is 25.3 Å². The molecule has 2 aromatic carbocycles. The number of hydrogen-bond acceptors (Lipinski definition) is 4. The summed E-state index contributed by atoms with van der Waals surface area (Å²) in [4.78, 5) is 27.3. The van der Waals surface area contributed by atoms with Gasteiger partial charge in [0.05, 0.1) is 18.8 Å². The zero-order valence-electron chi connectivity index (χ0n) is 16.3. The predicted octanol–water partition coefficient (Wildman–Crippen LogP) is 4.04. The smallest absolute Gasteiger partial charge is 0.238 e. The minimum atomic E-state index is -0.144. The molecule has 0 spiro atoms. The van der Waals surface area contributed by atoms with Crippen LogP contribution in [0.2, 0.25) is 0 Å². The maximum absolute atomic E-state index is 12.4. The fraction of sp³-hybridized carbons (Fsp3) is 0.333. The van der Waals surface area contributed by atoms with E-state index in [4.69, 9.17) is 0 Å². The van der Waals surface area contributed by atoms with E-state index in [0.717, 1.165) is 21.8 Å². The first-order chi connectivity index (χ1) is 12.9. The number of thioether (sulfide) groups is 1. The normalized spacial score (nSPS) is 10.9. The number of amides is 2. The lowest BCUT2D eigenvalue weighted by atomic mass is 10.0. The summed E-state index contributed by atoms with van der Waals surface area (Å²) < 4.78 is 0. The molecule has 0 saturated heterocycles. The molecule has 0 saturated carbocycles. The molecular formula is C21H27N3O2S. The van der Waals surface area contributed by atoms with Crippen molar-refractivity contribution < 1.29 is 9.59 Å². The van der Waals surface area contributed by atoms with E-state index < -0.39 is 0 Å².